The van der Waals surface area contributed by atoms with Crippen molar-refractivity contribution in [2.75, 3.05) is 13.1 Å². The Labute approximate surface area is 162 Å². The van der Waals surface area contributed by atoms with Gasteiger partial charge in [-0.15, -0.1) is 0 Å². The van der Waals surface area contributed by atoms with Gasteiger partial charge in [-0.2, -0.15) is 4.98 Å². The summed E-state index contributed by atoms with van der Waals surface area (Å²) in [6.45, 7) is 3.10. The Hall–Kier alpha value is -3.22. The van der Waals surface area contributed by atoms with E-state index in [-0.39, 0.29) is 24.3 Å². The second-order valence-corrected chi connectivity index (χ2v) is 7.05. The second-order valence-electron chi connectivity index (χ2n) is 7.05. The van der Waals surface area contributed by atoms with E-state index in [4.69, 9.17) is 4.52 Å². The molecular weight excluding hydrogens is 356 g/mol. The standard InChI is InChI=1S/C21H22N4O3/c1-14-23-19(28-24-14)13-22-20(26)16-9-11-25(12-10-16)21(27)18-8-4-6-15-5-2-3-7-17(15)18/h2-8,16H,9-13H2,1H3,(H,22,26). The Morgan fingerprint density at radius 2 is 1.89 bits per heavy atom. The Bertz CT molecular complexity index is 1000. The maximum Gasteiger partial charge on any atom is 0.254 e. The van der Waals surface area contributed by atoms with E-state index in [0.717, 1.165) is 10.8 Å². The van der Waals surface area contributed by atoms with Crippen molar-refractivity contribution in [2.24, 2.45) is 5.92 Å². The summed E-state index contributed by atoms with van der Waals surface area (Å²) in [6, 6.07) is 13.7. The summed E-state index contributed by atoms with van der Waals surface area (Å²) in [5, 5.41) is 8.57. The minimum Gasteiger partial charge on any atom is -0.347 e. The smallest absolute Gasteiger partial charge is 0.254 e. The molecular formula is C21H22N4O3. The maximum atomic E-state index is 13.0. The number of nitrogens with zero attached hydrogens (tertiary/aromatic N) is 3. The van der Waals surface area contributed by atoms with Gasteiger partial charge in [0, 0.05) is 24.6 Å². The third-order valence-corrected chi connectivity index (χ3v) is 5.16. The molecule has 4 rings (SSSR count). The molecule has 2 aromatic carbocycles. The van der Waals surface area contributed by atoms with E-state index in [1.807, 2.05) is 47.4 Å². The van der Waals surface area contributed by atoms with Crippen molar-refractivity contribution in [2.45, 2.75) is 26.3 Å². The SMILES string of the molecule is Cc1noc(CNC(=O)C2CCN(C(=O)c3cccc4ccccc34)CC2)n1. The summed E-state index contributed by atoms with van der Waals surface area (Å²) in [6.07, 6.45) is 1.29. The zero-order valence-corrected chi connectivity index (χ0v) is 15.7. The monoisotopic (exact) mass is 378 g/mol. The molecule has 144 valence electrons. The number of carbonyl (C=O) groups is 2. The van der Waals surface area contributed by atoms with Gasteiger partial charge < -0.3 is 14.7 Å². The number of hydrogen-bond acceptors (Lipinski definition) is 5. The largest absolute Gasteiger partial charge is 0.347 e. The first kappa shape index (κ1) is 18.2. The fourth-order valence-electron chi connectivity index (χ4n) is 3.65. The molecule has 0 bridgehead atoms. The number of likely N-dealkylation sites (tertiary alicyclic amines) is 1. The minimum absolute atomic E-state index is 0.0250. The van der Waals surface area contributed by atoms with Crippen LogP contribution >= 0.6 is 0 Å². The van der Waals surface area contributed by atoms with Crippen molar-refractivity contribution in [1.29, 1.82) is 0 Å². The average Bonchev–Trinajstić information content (AvgIpc) is 3.16. The molecule has 7 nitrogen and oxygen atoms in total. The highest BCUT2D eigenvalue weighted by Gasteiger charge is 2.28. The first-order valence-corrected chi connectivity index (χ1v) is 9.46. The number of carbonyl (C=O) groups excluding carboxylic acids is 2. The van der Waals surface area contributed by atoms with E-state index in [0.29, 0.717) is 43.2 Å². The molecule has 7 heteroatoms. The number of nitrogens with one attached hydrogen (secondary N) is 1. The summed E-state index contributed by atoms with van der Waals surface area (Å²) in [5.41, 5.74) is 0.716. The molecule has 1 fully saturated rings. The van der Waals surface area contributed by atoms with E-state index in [1.54, 1.807) is 6.92 Å². The van der Waals surface area contributed by atoms with Crippen molar-refractivity contribution in [3.05, 3.63) is 59.7 Å². The van der Waals surface area contributed by atoms with E-state index in [9.17, 15) is 9.59 Å². The van der Waals surface area contributed by atoms with Gasteiger partial charge in [-0.1, -0.05) is 41.6 Å². The van der Waals surface area contributed by atoms with Gasteiger partial charge in [0.2, 0.25) is 11.8 Å². The molecule has 1 saturated heterocycles. The van der Waals surface area contributed by atoms with Crippen LogP contribution in [0.1, 0.15) is 34.9 Å². The van der Waals surface area contributed by atoms with Crippen LogP contribution in [0.4, 0.5) is 0 Å². The molecule has 0 saturated carbocycles. The lowest BCUT2D eigenvalue weighted by atomic mass is 9.95. The van der Waals surface area contributed by atoms with Gasteiger partial charge in [-0.05, 0) is 36.6 Å². The summed E-state index contributed by atoms with van der Waals surface area (Å²) in [7, 11) is 0. The lowest BCUT2D eigenvalue weighted by Crippen LogP contribution is -2.43. The minimum atomic E-state index is -0.111. The molecule has 28 heavy (non-hydrogen) atoms. The topological polar surface area (TPSA) is 88.3 Å². The predicted octanol–water partition coefficient (Wildman–Crippen LogP) is 2.70. The molecule has 3 aromatic rings. The van der Waals surface area contributed by atoms with Crippen LogP contribution in [0, 0.1) is 12.8 Å². The normalized spacial score (nSPS) is 15.0. The molecule has 1 aromatic heterocycles. The van der Waals surface area contributed by atoms with Crippen molar-refractivity contribution in [1.82, 2.24) is 20.4 Å². The lowest BCUT2D eigenvalue weighted by Gasteiger charge is -2.31. The Balaban J connectivity index is 1.35. The van der Waals surface area contributed by atoms with Crippen LogP contribution in [-0.2, 0) is 11.3 Å². The third-order valence-electron chi connectivity index (χ3n) is 5.16. The van der Waals surface area contributed by atoms with Gasteiger partial charge >= 0.3 is 0 Å². The molecule has 1 aliphatic rings. The van der Waals surface area contributed by atoms with Crippen molar-refractivity contribution >= 4 is 22.6 Å². The zero-order chi connectivity index (χ0) is 19.5. The third kappa shape index (κ3) is 3.74. The number of aromatic nitrogens is 2. The first-order valence-electron chi connectivity index (χ1n) is 9.46. The number of benzene rings is 2. The number of amides is 2. The number of aryl methyl sites for hydroxylation is 1. The van der Waals surface area contributed by atoms with Crippen LogP contribution in [0.25, 0.3) is 10.8 Å². The molecule has 0 aliphatic carbocycles. The van der Waals surface area contributed by atoms with Crippen LogP contribution in [0.15, 0.2) is 47.0 Å². The van der Waals surface area contributed by atoms with Crippen LogP contribution in [0.5, 0.6) is 0 Å². The lowest BCUT2D eigenvalue weighted by molar-refractivity contribution is -0.126. The van der Waals surface area contributed by atoms with Crippen molar-refractivity contribution in [3.8, 4) is 0 Å². The highest BCUT2D eigenvalue weighted by molar-refractivity contribution is 6.07. The molecule has 2 heterocycles. The molecule has 0 unspecified atom stereocenters. The summed E-state index contributed by atoms with van der Waals surface area (Å²) in [5.74, 6) is 0.824. The van der Waals surface area contributed by atoms with E-state index < -0.39 is 0 Å². The summed E-state index contributed by atoms with van der Waals surface area (Å²) in [4.78, 5) is 31.3. The van der Waals surface area contributed by atoms with Gasteiger partial charge in [0.25, 0.3) is 5.91 Å². The molecule has 1 N–H and O–H groups in total. The van der Waals surface area contributed by atoms with Gasteiger partial charge in [0.05, 0.1) is 6.54 Å². The van der Waals surface area contributed by atoms with Crippen molar-refractivity contribution < 1.29 is 14.1 Å². The van der Waals surface area contributed by atoms with Gasteiger partial charge in [0.15, 0.2) is 5.82 Å². The van der Waals surface area contributed by atoms with Gasteiger partial charge in [0.1, 0.15) is 0 Å². The number of hydrogen-bond donors (Lipinski definition) is 1. The molecule has 0 atom stereocenters. The number of rotatable bonds is 4. The number of piperidine rings is 1. The molecule has 0 radical (unpaired) electrons. The summed E-state index contributed by atoms with van der Waals surface area (Å²) >= 11 is 0. The van der Waals surface area contributed by atoms with Crippen LogP contribution in [-0.4, -0.2) is 39.9 Å². The summed E-state index contributed by atoms with van der Waals surface area (Å²) < 4.78 is 5.01. The molecule has 1 aliphatic heterocycles. The van der Waals surface area contributed by atoms with E-state index in [2.05, 4.69) is 15.5 Å². The van der Waals surface area contributed by atoms with E-state index in [1.165, 1.54) is 0 Å². The second kappa shape index (κ2) is 7.80. The van der Waals surface area contributed by atoms with Crippen molar-refractivity contribution in [3.63, 3.8) is 0 Å². The zero-order valence-electron chi connectivity index (χ0n) is 15.7. The Kier molecular flexibility index (Phi) is 5.06. The Morgan fingerprint density at radius 3 is 2.64 bits per heavy atom. The van der Waals surface area contributed by atoms with Crippen LogP contribution in [0.2, 0.25) is 0 Å². The van der Waals surface area contributed by atoms with E-state index >= 15 is 0 Å². The first-order chi connectivity index (χ1) is 13.6. The fourth-order valence-corrected chi connectivity index (χ4v) is 3.65. The molecule has 2 amide bonds. The van der Waals surface area contributed by atoms with Crippen LogP contribution in [0.3, 0.4) is 0 Å². The quantitative estimate of drug-likeness (QED) is 0.754. The van der Waals surface area contributed by atoms with Crippen LogP contribution < -0.4 is 5.32 Å². The highest BCUT2D eigenvalue weighted by Crippen LogP contribution is 2.23. The van der Waals surface area contributed by atoms with Gasteiger partial charge in [-0.3, -0.25) is 9.59 Å². The highest BCUT2D eigenvalue weighted by atomic mass is 16.5. The average molecular weight is 378 g/mol. The van der Waals surface area contributed by atoms with Gasteiger partial charge in [-0.25, -0.2) is 0 Å². The fraction of sp³-hybridized carbons (Fsp3) is 0.333. The predicted molar refractivity (Wildman–Crippen MR) is 103 cm³/mol. The Morgan fingerprint density at radius 1 is 1.14 bits per heavy atom. The maximum absolute atomic E-state index is 13.0. The number of fused-ring (bicyclic) bond motifs is 1. The molecule has 0 spiro atoms.